The average Bonchev–Trinajstić information content (AvgIpc) is 2.79. The molecule has 3 atom stereocenters. The largest absolute Gasteiger partial charge is 0.340 e. The summed E-state index contributed by atoms with van der Waals surface area (Å²) in [7, 11) is 0. The van der Waals surface area contributed by atoms with Gasteiger partial charge in [-0.1, -0.05) is 30.3 Å². The first-order valence-electron chi connectivity index (χ1n) is 7.57. The molecule has 20 heavy (non-hydrogen) atoms. The van der Waals surface area contributed by atoms with Gasteiger partial charge in [0.1, 0.15) is 0 Å². The smallest absolute Gasteiger partial charge is 0.239 e. The van der Waals surface area contributed by atoms with E-state index in [1.807, 2.05) is 35.2 Å². The molecule has 3 rings (SSSR count). The van der Waals surface area contributed by atoms with Crippen LogP contribution >= 0.6 is 0 Å². The van der Waals surface area contributed by atoms with Gasteiger partial charge >= 0.3 is 0 Å². The van der Waals surface area contributed by atoms with Crippen molar-refractivity contribution in [3.63, 3.8) is 0 Å². The van der Waals surface area contributed by atoms with Gasteiger partial charge in [-0.15, -0.1) is 0 Å². The predicted molar refractivity (Wildman–Crippen MR) is 79.3 cm³/mol. The fourth-order valence-electron chi connectivity index (χ4n) is 3.33. The fourth-order valence-corrected chi connectivity index (χ4v) is 3.33. The molecule has 0 spiro atoms. The van der Waals surface area contributed by atoms with Crippen LogP contribution < -0.4 is 11.1 Å². The third kappa shape index (κ3) is 3.02. The van der Waals surface area contributed by atoms with Crippen LogP contribution in [0.3, 0.4) is 0 Å². The Morgan fingerprint density at radius 2 is 2.00 bits per heavy atom. The summed E-state index contributed by atoms with van der Waals surface area (Å²) in [4.78, 5) is 14.5. The van der Waals surface area contributed by atoms with Crippen LogP contribution in [0.25, 0.3) is 0 Å². The van der Waals surface area contributed by atoms with E-state index in [1.165, 1.54) is 12.8 Å². The van der Waals surface area contributed by atoms with Crippen molar-refractivity contribution >= 4 is 5.91 Å². The van der Waals surface area contributed by atoms with E-state index in [9.17, 15) is 4.79 Å². The third-order valence-corrected chi connectivity index (χ3v) is 4.45. The van der Waals surface area contributed by atoms with E-state index in [-0.39, 0.29) is 5.91 Å². The van der Waals surface area contributed by atoms with Crippen LogP contribution in [0.1, 0.15) is 24.8 Å². The van der Waals surface area contributed by atoms with E-state index in [2.05, 4.69) is 5.32 Å². The van der Waals surface area contributed by atoms with Gasteiger partial charge in [0.2, 0.25) is 5.91 Å². The van der Waals surface area contributed by atoms with Crippen LogP contribution in [0.4, 0.5) is 0 Å². The Kier molecular flexibility index (Phi) is 4.03. The Labute approximate surface area is 120 Å². The monoisotopic (exact) mass is 273 g/mol. The minimum Gasteiger partial charge on any atom is -0.340 e. The summed E-state index contributed by atoms with van der Waals surface area (Å²) in [5.74, 6) is 0.100. The highest BCUT2D eigenvalue weighted by molar-refractivity contribution is 5.82. The lowest BCUT2D eigenvalue weighted by Gasteiger charge is -2.27. The number of nitrogens with zero attached hydrogens (tertiary/aromatic N) is 1. The Balaban J connectivity index is 1.60. The maximum Gasteiger partial charge on any atom is 0.239 e. The highest BCUT2D eigenvalue weighted by Crippen LogP contribution is 2.20. The summed E-state index contributed by atoms with van der Waals surface area (Å²) in [6.07, 6.45) is 4.11. The average molecular weight is 273 g/mol. The molecule has 0 radical (unpaired) electrons. The maximum absolute atomic E-state index is 12.5. The molecule has 108 valence electrons. The first-order chi connectivity index (χ1) is 9.72. The molecule has 2 saturated heterocycles. The van der Waals surface area contributed by atoms with Gasteiger partial charge in [-0.05, 0) is 31.2 Å². The molecule has 2 heterocycles. The second kappa shape index (κ2) is 5.94. The van der Waals surface area contributed by atoms with Crippen molar-refractivity contribution in [3.8, 4) is 0 Å². The summed E-state index contributed by atoms with van der Waals surface area (Å²) in [5.41, 5.74) is 7.25. The second-order valence-electron chi connectivity index (χ2n) is 6.01. The summed E-state index contributed by atoms with van der Waals surface area (Å²) in [6, 6.07) is 10.7. The maximum atomic E-state index is 12.5. The molecule has 4 heteroatoms. The molecule has 2 aliphatic heterocycles. The molecule has 1 amide bonds. The molecule has 0 aliphatic carbocycles. The van der Waals surface area contributed by atoms with Crippen molar-refractivity contribution in [3.05, 3.63) is 35.9 Å². The Hall–Kier alpha value is -1.39. The zero-order valence-electron chi connectivity index (χ0n) is 11.8. The summed E-state index contributed by atoms with van der Waals surface area (Å²) in [5, 5.41) is 3.59. The number of benzene rings is 1. The number of fused-ring (bicyclic) bond motifs is 2. The lowest BCUT2D eigenvalue weighted by Crippen LogP contribution is -2.48. The number of nitrogens with one attached hydrogen (secondary N) is 1. The summed E-state index contributed by atoms with van der Waals surface area (Å²) in [6.45, 7) is 1.66. The van der Waals surface area contributed by atoms with Crippen LogP contribution in [0.5, 0.6) is 0 Å². The number of carbonyl (C=O) groups excluding carboxylic acids is 1. The van der Waals surface area contributed by atoms with Crippen molar-refractivity contribution in [2.75, 3.05) is 13.1 Å². The van der Waals surface area contributed by atoms with Gasteiger partial charge < -0.3 is 16.0 Å². The van der Waals surface area contributed by atoms with E-state index in [0.717, 1.165) is 25.1 Å². The van der Waals surface area contributed by atoms with E-state index in [0.29, 0.717) is 18.5 Å². The number of nitrogens with two attached hydrogens (primary N) is 1. The fraction of sp³-hybridized carbons (Fsp3) is 0.562. The quantitative estimate of drug-likeness (QED) is 0.860. The van der Waals surface area contributed by atoms with Gasteiger partial charge in [0.05, 0.1) is 6.04 Å². The number of amides is 1. The zero-order chi connectivity index (χ0) is 13.9. The predicted octanol–water partition coefficient (Wildman–Crippen LogP) is 0.909. The van der Waals surface area contributed by atoms with Crippen molar-refractivity contribution in [2.24, 2.45) is 5.73 Å². The van der Waals surface area contributed by atoms with E-state index in [4.69, 9.17) is 5.73 Å². The molecule has 3 N–H and O–H groups in total. The van der Waals surface area contributed by atoms with E-state index >= 15 is 0 Å². The summed E-state index contributed by atoms with van der Waals surface area (Å²) >= 11 is 0. The molecular formula is C16H23N3O. The molecule has 1 aromatic carbocycles. The summed E-state index contributed by atoms with van der Waals surface area (Å²) < 4.78 is 0. The molecule has 1 aromatic rings. The molecule has 2 fully saturated rings. The molecule has 0 saturated carbocycles. The normalized spacial score (nSPS) is 27.1. The first-order valence-corrected chi connectivity index (χ1v) is 7.57. The Morgan fingerprint density at radius 1 is 1.25 bits per heavy atom. The minimum absolute atomic E-state index is 0.100. The molecule has 2 aliphatic rings. The van der Waals surface area contributed by atoms with E-state index < -0.39 is 6.04 Å². The number of hydrogen-bond acceptors (Lipinski definition) is 3. The lowest BCUT2D eigenvalue weighted by atomic mass is 10.0. The van der Waals surface area contributed by atoms with Crippen molar-refractivity contribution in [1.29, 1.82) is 0 Å². The van der Waals surface area contributed by atoms with Gasteiger partial charge in [0, 0.05) is 25.2 Å². The SMILES string of the molecule is N[C@@H](Cc1ccccc1)C(=O)N1CCC2CCC(C1)N2. The van der Waals surface area contributed by atoms with Crippen LogP contribution in [-0.4, -0.2) is 42.0 Å². The van der Waals surface area contributed by atoms with Gasteiger partial charge in [-0.3, -0.25) is 4.79 Å². The molecule has 2 bridgehead atoms. The van der Waals surface area contributed by atoms with Crippen LogP contribution in [0, 0.1) is 0 Å². The van der Waals surface area contributed by atoms with Crippen molar-refractivity contribution in [2.45, 2.75) is 43.8 Å². The van der Waals surface area contributed by atoms with Gasteiger partial charge in [-0.2, -0.15) is 0 Å². The highest BCUT2D eigenvalue weighted by atomic mass is 16.2. The van der Waals surface area contributed by atoms with Crippen LogP contribution in [0.15, 0.2) is 30.3 Å². The van der Waals surface area contributed by atoms with Crippen molar-refractivity contribution < 1.29 is 4.79 Å². The molecular weight excluding hydrogens is 250 g/mol. The topological polar surface area (TPSA) is 58.4 Å². The van der Waals surface area contributed by atoms with Crippen molar-refractivity contribution in [1.82, 2.24) is 10.2 Å². The Bertz CT molecular complexity index is 462. The number of rotatable bonds is 3. The van der Waals surface area contributed by atoms with E-state index in [1.54, 1.807) is 0 Å². The van der Waals surface area contributed by atoms with Crippen LogP contribution in [-0.2, 0) is 11.2 Å². The lowest BCUT2D eigenvalue weighted by molar-refractivity contribution is -0.132. The minimum atomic E-state index is -0.422. The zero-order valence-corrected chi connectivity index (χ0v) is 11.8. The Morgan fingerprint density at radius 3 is 2.80 bits per heavy atom. The van der Waals surface area contributed by atoms with Gasteiger partial charge in [0.25, 0.3) is 0 Å². The highest BCUT2D eigenvalue weighted by Gasteiger charge is 2.32. The number of carbonyl (C=O) groups is 1. The molecule has 2 unspecified atom stereocenters. The van der Waals surface area contributed by atoms with Crippen LogP contribution in [0.2, 0.25) is 0 Å². The molecule has 0 aromatic heterocycles. The first kappa shape index (κ1) is 13.6. The number of likely N-dealkylation sites (tertiary alicyclic amines) is 1. The standard InChI is InChI=1S/C16H23N3O/c17-15(10-12-4-2-1-3-5-12)16(20)19-9-8-13-6-7-14(11-19)18-13/h1-5,13-15,18H,6-11,17H2/t13?,14?,15-/m0/s1. The second-order valence-corrected chi connectivity index (χ2v) is 6.01. The van der Waals surface area contributed by atoms with Gasteiger partial charge in [0.15, 0.2) is 0 Å². The molecule has 4 nitrogen and oxygen atoms in total. The third-order valence-electron chi connectivity index (χ3n) is 4.45. The van der Waals surface area contributed by atoms with Gasteiger partial charge in [-0.25, -0.2) is 0 Å². The number of hydrogen-bond donors (Lipinski definition) is 2.